The molecule has 0 saturated carbocycles. The fourth-order valence-electron chi connectivity index (χ4n) is 2.60. The van der Waals surface area contributed by atoms with Gasteiger partial charge < -0.3 is 0 Å². The maximum atomic E-state index is 3.72. The molecule has 0 N–H and O–H groups in total. The third kappa shape index (κ3) is 1.73. The molecular formula is C16H10BrNTe. The van der Waals surface area contributed by atoms with Gasteiger partial charge in [-0.15, -0.1) is 0 Å². The molecule has 0 aliphatic rings. The Morgan fingerprint density at radius 2 is 1.68 bits per heavy atom. The van der Waals surface area contributed by atoms with Gasteiger partial charge >= 0.3 is 130 Å². The molecule has 0 fully saturated rings. The zero-order valence-electron chi connectivity index (χ0n) is 10.0. The summed E-state index contributed by atoms with van der Waals surface area (Å²) in [5, 5.41) is 2.66. The standard InChI is InChI=1S/C16H10BrNTe/c17-13-7-3-6-12-11-5-1-2-8-14(11)18(16(12)13)15-9-4-10-19-15/h1-10H. The van der Waals surface area contributed by atoms with Gasteiger partial charge in [-0.3, -0.25) is 0 Å². The van der Waals surface area contributed by atoms with E-state index in [1.807, 2.05) is 0 Å². The van der Waals surface area contributed by atoms with Crippen LogP contribution in [0.1, 0.15) is 0 Å². The molecule has 0 bridgehead atoms. The van der Waals surface area contributed by atoms with Crippen molar-refractivity contribution >= 4 is 58.2 Å². The van der Waals surface area contributed by atoms with E-state index in [4.69, 9.17) is 0 Å². The summed E-state index contributed by atoms with van der Waals surface area (Å²) in [5.74, 6) is 0. The number of aromatic nitrogens is 1. The van der Waals surface area contributed by atoms with Gasteiger partial charge in [0.1, 0.15) is 0 Å². The van der Waals surface area contributed by atoms with Gasteiger partial charge in [-0.2, -0.15) is 0 Å². The van der Waals surface area contributed by atoms with Crippen LogP contribution < -0.4 is 0 Å². The third-order valence-corrected chi connectivity index (χ3v) is 6.45. The molecule has 0 spiro atoms. The van der Waals surface area contributed by atoms with Crippen LogP contribution in [0.5, 0.6) is 0 Å². The number of para-hydroxylation sites is 2. The predicted octanol–water partition coefficient (Wildman–Crippen LogP) is 4.60. The van der Waals surface area contributed by atoms with E-state index in [2.05, 4.69) is 79.2 Å². The van der Waals surface area contributed by atoms with E-state index in [1.54, 1.807) is 0 Å². The van der Waals surface area contributed by atoms with E-state index < -0.39 is 0 Å². The van der Waals surface area contributed by atoms with Gasteiger partial charge in [-0.1, -0.05) is 0 Å². The monoisotopic (exact) mass is 425 g/mol. The topological polar surface area (TPSA) is 4.93 Å². The molecule has 2 heterocycles. The first-order valence-electron chi connectivity index (χ1n) is 6.08. The first-order chi connectivity index (χ1) is 9.36. The van der Waals surface area contributed by atoms with Crippen molar-refractivity contribution in [2.24, 2.45) is 0 Å². The van der Waals surface area contributed by atoms with Crippen molar-refractivity contribution in [2.75, 3.05) is 0 Å². The van der Waals surface area contributed by atoms with E-state index in [1.165, 1.54) is 30.0 Å². The van der Waals surface area contributed by atoms with Crippen LogP contribution in [-0.2, 0) is 0 Å². The van der Waals surface area contributed by atoms with E-state index in [9.17, 15) is 0 Å². The van der Waals surface area contributed by atoms with Crippen molar-refractivity contribution in [3.05, 3.63) is 63.2 Å². The van der Waals surface area contributed by atoms with Gasteiger partial charge in [0.05, 0.1) is 0 Å². The van der Waals surface area contributed by atoms with Crippen molar-refractivity contribution in [3.8, 4) is 3.70 Å². The summed E-state index contributed by atoms with van der Waals surface area (Å²) < 4.78 is 7.39. The molecule has 0 radical (unpaired) electrons. The molecule has 2 aromatic carbocycles. The van der Waals surface area contributed by atoms with Crippen molar-refractivity contribution in [2.45, 2.75) is 0 Å². The number of fused-ring (bicyclic) bond motifs is 3. The van der Waals surface area contributed by atoms with Crippen LogP contribution in [0.3, 0.4) is 0 Å². The van der Waals surface area contributed by atoms with Gasteiger partial charge in [0.15, 0.2) is 0 Å². The first-order valence-corrected chi connectivity index (χ1v) is 9.38. The fraction of sp³-hybridized carbons (Fsp3) is 0. The summed E-state index contributed by atoms with van der Waals surface area (Å²) in [5.41, 5.74) is 2.60. The molecule has 0 aliphatic heterocycles. The average Bonchev–Trinajstić information content (AvgIpc) is 3.04. The first kappa shape index (κ1) is 11.8. The quantitative estimate of drug-likeness (QED) is 0.394. The summed E-state index contributed by atoms with van der Waals surface area (Å²) in [7, 11) is 0. The molecule has 0 saturated heterocycles. The SMILES string of the molecule is Brc1cccc2c3ccccc3n(-c3ccc[te]3)c12. The molecule has 19 heavy (non-hydrogen) atoms. The Morgan fingerprint density at radius 1 is 0.842 bits per heavy atom. The molecule has 2 aromatic heterocycles. The van der Waals surface area contributed by atoms with Crippen LogP contribution in [0.2, 0.25) is 0 Å². The van der Waals surface area contributed by atoms with Crippen LogP contribution in [0.4, 0.5) is 0 Å². The Balaban J connectivity index is 2.31. The van der Waals surface area contributed by atoms with Gasteiger partial charge in [-0.25, -0.2) is 0 Å². The van der Waals surface area contributed by atoms with Crippen LogP contribution in [-0.4, -0.2) is 25.0 Å². The van der Waals surface area contributed by atoms with Crippen molar-refractivity contribution in [3.63, 3.8) is 0 Å². The maximum absolute atomic E-state index is 3.72. The molecule has 0 aliphatic carbocycles. The molecule has 92 valence electrons. The summed E-state index contributed by atoms with van der Waals surface area (Å²) in [6.07, 6.45) is 0. The van der Waals surface area contributed by atoms with Gasteiger partial charge in [-0.05, 0) is 0 Å². The molecule has 4 aromatic rings. The number of hydrogen-bond donors (Lipinski definition) is 0. The van der Waals surface area contributed by atoms with Crippen molar-refractivity contribution in [1.29, 1.82) is 0 Å². The Hall–Kier alpha value is -1.01. The number of benzene rings is 2. The van der Waals surface area contributed by atoms with E-state index in [-0.39, 0.29) is 20.4 Å². The predicted molar refractivity (Wildman–Crippen MR) is 85.4 cm³/mol. The van der Waals surface area contributed by atoms with Crippen molar-refractivity contribution < 1.29 is 0 Å². The third-order valence-electron chi connectivity index (χ3n) is 3.37. The Morgan fingerprint density at radius 3 is 2.53 bits per heavy atom. The number of hydrogen-bond acceptors (Lipinski definition) is 0. The molecule has 3 heteroatoms. The second-order valence-corrected chi connectivity index (χ2v) is 7.94. The minimum absolute atomic E-state index is 0.200. The second-order valence-electron chi connectivity index (χ2n) is 4.44. The Labute approximate surface area is 129 Å². The summed E-state index contributed by atoms with van der Waals surface area (Å²) in [6.45, 7) is 0. The fourth-order valence-corrected chi connectivity index (χ4v) is 5.28. The Bertz CT molecular complexity index is 874. The van der Waals surface area contributed by atoms with Crippen LogP contribution in [0.15, 0.2) is 63.2 Å². The normalized spacial score (nSPS) is 11.4. The van der Waals surface area contributed by atoms with E-state index >= 15 is 0 Å². The second kappa shape index (κ2) is 4.52. The molecule has 0 unspecified atom stereocenters. The number of halogens is 1. The van der Waals surface area contributed by atoms with Gasteiger partial charge in [0.25, 0.3) is 0 Å². The number of rotatable bonds is 1. The number of nitrogens with zero attached hydrogens (tertiary/aromatic N) is 1. The van der Waals surface area contributed by atoms with Crippen LogP contribution in [0.25, 0.3) is 25.5 Å². The average molecular weight is 424 g/mol. The van der Waals surface area contributed by atoms with Crippen molar-refractivity contribution in [1.82, 2.24) is 4.57 Å². The zero-order valence-corrected chi connectivity index (χ0v) is 13.9. The minimum atomic E-state index is -0.200. The molecule has 4 rings (SSSR count). The van der Waals surface area contributed by atoms with E-state index in [0.717, 1.165) is 0 Å². The molecule has 1 nitrogen and oxygen atoms in total. The molecular weight excluding hydrogens is 414 g/mol. The summed E-state index contributed by atoms with van der Waals surface area (Å²) >= 11 is 3.52. The molecule has 0 atom stereocenters. The molecule has 0 amide bonds. The van der Waals surface area contributed by atoms with Gasteiger partial charge in [0, 0.05) is 0 Å². The summed E-state index contributed by atoms with van der Waals surface area (Å²) in [6, 6.07) is 19.6. The summed E-state index contributed by atoms with van der Waals surface area (Å²) in [4.78, 5) is 0. The van der Waals surface area contributed by atoms with Crippen LogP contribution >= 0.6 is 15.9 Å². The Kier molecular flexibility index (Phi) is 2.81. The zero-order chi connectivity index (χ0) is 12.8. The van der Waals surface area contributed by atoms with Crippen LogP contribution in [0, 0.1) is 0 Å². The van der Waals surface area contributed by atoms with E-state index in [0.29, 0.717) is 0 Å². The van der Waals surface area contributed by atoms with Gasteiger partial charge in [0.2, 0.25) is 0 Å².